The fourth-order valence-electron chi connectivity index (χ4n) is 3.12. The fourth-order valence-corrected chi connectivity index (χ4v) is 3.29. The molecule has 128 valence electrons. The molecule has 1 aliphatic rings. The Balaban J connectivity index is 2.05. The topological polar surface area (TPSA) is 44.7 Å². The van der Waals surface area contributed by atoms with Crippen LogP contribution < -0.4 is 15.0 Å². The largest absolute Gasteiger partial charge is 0.490 e. The highest BCUT2D eigenvalue weighted by Gasteiger charge is 2.31. The van der Waals surface area contributed by atoms with E-state index < -0.39 is 12.1 Å². The van der Waals surface area contributed by atoms with Gasteiger partial charge in [-0.1, -0.05) is 23.7 Å². The first-order valence-corrected chi connectivity index (χ1v) is 8.25. The van der Waals surface area contributed by atoms with Gasteiger partial charge in [0.25, 0.3) is 0 Å². The summed E-state index contributed by atoms with van der Waals surface area (Å²) in [6.07, 6.45) is -0.721. The molecule has 0 fully saturated rings. The number of ether oxygens (including phenoxy) is 1. The number of fused-ring (bicyclic) bond motifs is 1. The second kappa shape index (κ2) is 7.38. The van der Waals surface area contributed by atoms with E-state index in [1.54, 1.807) is 19.2 Å². The predicted octanol–water partition coefficient (Wildman–Crippen LogP) is 3.00. The molecule has 4 nitrogen and oxygen atoms in total. The van der Waals surface area contributed by atoms with Gasteiger partial charge in [0, 0.05) is 11.6 Å². The molecular weight excluding hydrogens is 331 g/mol. The van der Waals surface area contributed by atoms with E-state index in [4.69, 9.17) is 16.3 Å². The molecule has 3 rings (SSSR count). The molecule has 0 saturated heterocycles. The molecule has 0 unspecified atom stereocenters. The van der Waals surface area contributed by atoms with E-state index >= 15 is 0 Å². The van der Waals surface area contributed by atoms with Gasteiger partial charge in [-0.2, -0.15) is 0 Å². The molecular formula is C18H20ClFN2O2. The number of hydrogen-bond acceptors (Lipinski definition) is 4. The standard InChI is InChI=1S/C18H20ClFN2O2/c1-21-11-16(23)18(12-3-2-4-14(20)9-12)22-7-8-24-17-6-5-13(19)10-15(17)22/h2-6,9-10,16,18,21,23H,7-8,11H2,1H3/t16-,18+/m1/s1. The molecule has 0 aliphatic carbocycles. The lowest BCUT2D eigenvalue weighted by Crippen LogP contribution is -2.44. The number of aliphatic hydroxyl groups excluding tert-OH is 1. The first kappa shape index (κ1) is 17.0. The summed E-state index contributed by atoms with van der Waals surface area (Å²) < 4.78 is 19.4. The number of aliphatic hydroxyl groups is 1. The van der Waals surface area contributed by atoms with Crippen LogP contribution in [-0.4, -0.2) is 38.0 Å². The maximum atomic E-state index is 13.7. The number of likely N-dealkylation sites (N-methyl/N-ethyl adjacent to an activating group) is 1. The Morgan fingerprint density at radius 1 is 1.33 bits per heavy atom. The first-order valence-electron chi connectivity index (χ1n) is 7.87. The van der Waals surface area contributed by atoms with Crippen LogP contribution in [-0.2, 0) is 0 Å². The Kier molecular flexibility index (Phi) is 5.23. The van der Waals surface area contributed by atoms with Gasteiger partial charge in [-0.15, -0.1) is 0 Å². The molecule has 1 heterocycles. The van der Waals surface area contributed by atoms with Crippen LogP contribution in [0.2, 0.25) is 5.02 Å². The highest BCUT2D eigenvalue weighted by molar-refractivity contribution is 6.31. The zero-order valence-corrected chi connectivity index (χ0v) is 14.1. The summed E-state index contributed by atoms with van der Waals surface area (Å²) in [4.78, 5) is 2.03. The van der Waals surface area contributed by atoms with Gasteiger partial charge in [0.15, 0.2) is 0 Å². The maximum absolute atomic E-state index is 13.7. The molecule has 0 radical (unpaired) electrons. The summed E-state index contributed by atoms with van der Waals surface area (Å²) in [6, 6.07) is 11.3. The van der Waals surface area contributed by atoms with Crippen molar-refractivity contribution < 1.29 is 14.2 Å². The Morgan fingerprint density at radius 3 is 2.92 bits per heavy atom. The van der Waals surface area contributed by atoms with Gasteiger partial charge >= 0.3 is 0 Å². The molecule has 0 saturated carbocycles. The molecule has 2 atom stereocenters. The molecule has 6 heteroatoms. The van der Waals surface area contributed by atoms with Crippen molar-refractivity contribution in [2.45, 2.75) is 12.1 Å². The number of benzene rings is 2. The van der Waals surface area contributed by atoms with Crippen molar-refractivity contribution >= 4 is 17.3 Å². The van der Waals surface area contributed by atoms with Gasteiger partial charge in [0.2, 0.25) is 0 Å². The van der Waals surface area contributed by atoms with Gasteiger partial charge in [0.05, 0.1) is 24.4 Å². The number of hydrogen-bond donors (Lipinski definition) is 2. The zero-order valence-electron chi connectivity index (χ0n) is 13.4. The Morgan fingerprint density at radius 2 is 2.17 bits per heavy atom. The number of anilines is 1. The van der Waals surface area contributed by atoms with Crippen LogP contribution in [0.3, 0.4) is 0 Å². The van der Waals surface area contributed by atoms with E-state index in [1.807, 2.05) is 23.1 Å². The molecule has 24 heavy (non-hydrogen) atoms. The van der Waals surface area contributed by atoms with E-state index in [1.165, 1.54) is 12.1 Å². The highest BCUT2D eigenvalue weighted by atomic mass is 35.5. The minimum absolute atomic E-state index is 0.325. The number of nitrogens with zero attached hydrogens (tertiary/aromatic N) is 1. The summed E-state index contributed by atoms with van der Waals surface area (Å²) in [7, 11) is 1.77. The molecule has 1 aliphatic heterocycles. The second-order valence-electron chi connectivity index (χ2n) is 5.78. The Hall–Kier alpha value is -1.82. The lowest BCUT2D eigenvalue weighted by Gasteiger charge is -2.40. The van der Waals surface area contributed by atoms with E-state index in [-0.39, 0.29) is 5.82 Å². The third-order valence-electron chi connectivity index (χ3n) is 4.12. The van der Waals surface area contributed by atoms with Crippen LogP contribution in [0.5, 0.6) is 5.75 Å². The summed E-state index contributed by atoms with van der Waals surface area (Å²) >= 11 is 6.14. The van der Waals surface area contributed by atoms with Gasteiger partial charge in [-0.3, -0.25) is 0 Å². The SMILES string of the molecule is CNC[C@@H](O)[C@H](c1cccc(F)c1)N1CCOc2ccc(Cl)cc21. The molecule has 0 bridgehead atoms. The average molecular weight is 351 g/mol. The van der Waals surface area contributed by atoms with E-state index in [0.29, 0.717) is 36.0 Å². The summed E-state index contributed by atoms with van der Waals surface area (Å²) in [5.74, 6) is 0.387. The smallest absolute Gasteiger partial charge is 0.142 e. The van der Waals surface area contributed by atoms with Crippen LogP contribution in [0.25, 0.3) is 0 Å². The lowest BCUT2D eigenvalue weighted by atomic mass is 9.97. The Bertz CT molecular complexity index is 713. The van der Waals surface area contributed by atoms with Gasteiger partial charge in [-0.25, -0.2) is 4.39 Å². The lowest BCUT2D eigenvalue weighted by molar-refractivity contribution is 0.135. The molecule has 2 aromatic carbocycles. The number of halogens is 2. The quantitative estimate of drug-likeness (QED) is 0.870. The first-order chi connectivity index (χ1) is 11.6. The summed E-state index contributed by atoms with van der Waals surface area (Å²) in [6.45, 7) is 1.45. The van der Waals surface area contributed by atoms with Gasteiger partial charge in [0.1, 0.15) is 18.2 Å². The normalized spacial score (nSPS) is 16.2. The van der Waals surface area contributed by atoms with Crippen molar-refractivity contribution in [1.82, 2.24) is 5.32 Å². The molecule has 0 amide bonds. The van der Waals surface area contributed by atoms with Crippen molar-refractivity contribution in [2.24, 2.45) is 0 Å². The molecule has 2 aromatic rings. The molecule has 0 spiro atoms. The minimum atomic E-state index is -0.721. The number of nitrogens with one attached hydrogen (secondary N) is 1. The average Bonchev–Trinajstić information content (AvgIpc) is 2.56. The maximum Gasteiger partial charge on any atom is 0.142 e. The monoisotopic (exact) mass is 350 g/mol. The zero-order chi connectivity index (χ0) is 17.1. The summed E-state index contributed by atoms with van der Waals surface area (Å²) in [5, 5.41) is 14.3. The van der Waals surface area contributed by atoms with E-state index in [2.05, 4.69) is 5.32 Å². The van der Waals surface area contributed by atoms with E-state index in [9.17, 15) is 9.50 Å². The minimum Gasteiger partial charge on any atom is -0.490 e. The van der Waals surface area contributed by atoms with Crippen LogP contribution in [0.4, 0.5) is 10.1 Å². The molecule has 0 aromatic heterocycles. The van der Waals surface area contributed by atoms with Crippen molar-refractivity contribution in [1.29, 1.82) is 0 Å². The van der Waals surface area contributed by atoms with Gasteiger partial charge < -0.3 is 20.1 Å². The van der Waals surface area contributed by atoms with Gasteiger partial charge in [-0.05, 0) is 42.9 Å². The number of rotatable bonds is 5. The molecule has 2 N–H and O–H groups in total. The van der Waals surface area contributed by atoms with Crippen molar-refractivity contribution in [3.05, 3.63) is 58.9 Å². The Labute approximate surface area is 145 Å². The van der Waals surface area contributed by atoms with Crippen LogP contribution >= 0.6 is 11.6 Å². The third kappa shape index (κ3) is 3.48. The highest BCUT2D eigenvalue weighted by Crippen LogP contribution is 2.40. The van der Waals surface area contributed by atoms with E-state index in [0.717, 1.165) is 5.69 Å². The van der Waals surface area contributed by atoms with Crippen LogP contribution in [0.1, 0.15) is 11.6 Å². The van der Waals surface area contributed by atoms with Crippen molar-refractivity contribution in [3.63, 3.8) is 0 Å². The predicted molar refractivity (Wildman–Crippen MR) is 93.4 cm³/mol. The van der Waals surface area contributed by atoms with Crippen LogP contribution in [0.15, 0.2) is 42.5 Å². The van der Waals surface area contributed by atoms with Crippen LogP contribution in [0, 0.1) is 5.82 Å². The third-order valence-corrected chi connectivity index (χ3v) is 4.36. The fraction of sp³-hybridized carbons (Fsp3) is 0.333. The second-order valence-corrected chi connectivity index (χ2v) is 6.22. The van der Waals surface area contributed by atoms with Crippen molar-refractivity contribution in [2.75, 3.05) is 31.6 Å². The van der Waals surface area contributed by atoms with Crippen molar-refractivity contribution in [3.8, 4) is 5.75 Å². The summed E-state index contributed by atoms with van der Waals surface area (Å²) in [5.41, 5.74) is 1.52.